The summed E-state index contributed by atoms with van der Waals surface area (Å²) >= 11 is 0. The van der Waals surface area contributed by atoms with Gasteiger partial charge in [-0.1, -0.05) is 0 Å². The molecule has 2 atom stereocenters. The van der Waals surface area contributed by atoms with Gasteiger partial charge in [-0.15, -0.1) is 0 Å². The molecule has 1 aliphatic heterocycles. The zero-order valence-electron chi connectivity index (χ0n) is 5.87. The molecule has 1 heterocycles. The van der Waals surface area contributed by atoms with Gasteiger partial charge in [-0.05, 0) is 19.9 Å². The molecule has 0 aliphatic carbocycles. The van der Waals surface area contributed by atoms with Crippen molar-refractivity contribution in [3.63, 3.8) is 0 Å². The van der Waals surface area contributed by atoms with Crippen LogP contribution in [0.15, 0.2) is 0 Å². The van der Waals surface area contributed by atoms with Crippen molar-refractivity contribution in [1.82, 2.24) is 4.90 Å². The number of aliphatic hydroxyl groups excluding tert-OH is 1. The molecule has 0 aromatic heterocycles. The van der Waals surface area contributed by atoms with Crippen LogP contribution in [0.1, 0.15) is 12.8 Å². The SMILES string of the molecule is COC1CCC(O)N1C. The first kappa shape index (κ1) is 6.99. The molecule has 1 aliphatic rings. The zero-order valence-corrected chi connectivity index (χ0v) is 5.87. The fourth-order valence-corrected chi connectivity index (χ4v) is 1.17. The second kappa shape index (κ2) is 2.64. The molecule has 3 nitrogen and oxygen atoms in total. The second-order valence-corrected chi connectivity index (χ2v) is 2.41. The van der Waals surface area contributed by atoms with Crippen LogP contribution in [0.2, 0.25) is 0 Å². The van der Waals surface area contributed by atoms with Gasteiger partial charge in [-0.2, -0.15) is 0 Å². The van der Waals surface area contributed by atoms with Crippen molar-refractivity contribution < 1.29 is 9.84 Å². The van der Waals surface area contributed by atoms with Crippen molar-refractivity contribution >= 4 is 0 Å². The van der Waals surface area contributed by atoms with E-state index in [1.54, 1.807) is 7.11 Å². The van der Waals surface area contributed by atoms with Crippen LogP contribution in [0.5, 0.6) is 0 Å². The van der Waals surface area contributed by atoms with Gasteiger partial charge >= 0.3 is 0 Å². The Morgan fingerprint density at radius 2 is 2.22 bits per heavy atom. The maximum absolute atomic E-state index is 9.15. The van der Waals surface area contributed by atoms with Gasteiger partial charge in [-0.25, -0.2) is 0 Å². The number of hydrogen-bond donors (Lipinski definition) is 1. The summed E-state index contributed by atoms with van der Waals surface area (Å²) in [7, 11) is 3.53. The molecule has 0 aromatic rings. The van der Waals surface area contributed by atoms with E-state index in [4.69, 9.17) is 9.84 Å². The van der Waals surface area contributed by atoms with E-state index in [0.717, 1.165) is 12.8 Å². The van der Waals surface area contributed by atoms with Crippen LogP contribution in [-0.4, -0.2) is 36.6 Å². The van der Waals surface area contributed by atoms with Crippen molar-refractivity contribution in [1.29, 1.82) is 0 Å². The topological polar surface area (TPSA) is 32.7 Å². The summed E-state index contributed by atoms with van der Waals surface area (Å²) in [4.78, 5) is 1.83. The number of hydrogen-bond acceptors (Lipinski definition) is 3. The largest absolute Gasteiger partial charge is 0.378 e. The Bertz CT molecular complexity index is 97.1. The van der Waals surface area contributed by atoms with E-state index >= 15 is 0 Å². The van der Waals surface area contributed by atoms with Crippen LogP contribution in [0.25, 0.3) is 0 Å². The van der Waals surface area contributed by atoms with E-state index in [1.165, 1.54) is 0 Å². The van der Waals surface area contributed by atoms with E-state index in [0.29, 0.717) is 0 Å². The van der Waals surface area contributed by atoms with Crippen LogP contribution in [0, 0.1) is 0 Å². The fraction of sp³-hybridized carbons (Fsp3) is 1.00. The molecule has 54 valence electrons. The average Bonchev–Trinajstić information content (AvgIpc) is 2.15. The Labute approximate surface area is 55.2 Å². The number of aliphatic hydroxyl groups is 1. The Balaban J connectivity index is 2.41. The molecule has 0 spiro atoms. The molecule has 1 N–H and O–H groups in total. The normalized spacial score (nSPS) is 37.7. The second-order valence-electron chi connectivity index (χ2n) is 2.41. The third-order valence-electron chi connectivity index (χ3n) is 1.87. The van der Waals surface area contributed by atoms with Gasteiger partial charge in [-0.3, -0.25) is 4.90 Å². The van der Waals surface area contributed by atoms with Crippen molar-refractivity contribution in [3.05, 3.63) is 0 Å². The summed E-state index contributed by atoms with van der Waals surface area (Å²) in [6.45, 7) is 0. The van der Waals surface area contributed by atoms with Gasteiger partial charge in [0, 0.05) is 7.11 Å². The van der Waals surface area contributed by atoms with Gasteiger partial charge in [0.25, 0.3) is 0 Å². The molecule has 2 unspecified atom stereocenters. The molecule has 1 rings (SSSR count). The molecule has 1 fully saturated rings. The molecule has 0 saturated carbocycles. The number of rotatable bonds is 1. The van der Waals surface area contributed by atoms with Crippen molar-refractivity contribution in [3.8, 4) is 0 Å². The number of nitrogens with zero attached hydrogens (tertiary/aromatic N) is 1. The number of methoxy groups -OCH3 is 1. The van der Waals surface area contributed by atoms with Crippen LogP contribution >= 0.6 is 0 Å². The first-order valence-electron chi connectivity index (χ1n) is 3.18. The maximum Gasteiger partial charge on any atom is 0.112 e. The summed E-state index contributed by atoms with van der Waals surface area (Å²) in [6, 6.07) is 0. The van der Waals surface area contributed by atoms with Gasteiger partial charge in [0.15, 0.2) is 0 Å². The first-order valence-corrected chi connectivity index (χ1v) is 3.18. The van der Waals surface area contributed by atoms with E-state index in [1.807, 2.05) is 11.9 Å². The lowest BCUT2D eigenvalue weighted by molar-refractivity contribution is -0.0559. The summed E-state index contributed by atoms with van der Waals surface area (Å²) < 4.78 is 5.06. The molecule has 3 heteroatoms. The summed E-state index contributed by atoms with van der Waals surface area (Å²) in [5.74, 6) is 0. The highest BCUT2D eigenvalue weighted by molar-refractivity contribution is 4.71. The van der Waals surface area contributed by atoms with Crippen molar-refractivity contribution in [2.24, 2.45) is 0 Å². The average molecular weight is 131 g/mol. The van der Waals surface area contributed by atoms with Gasteiger partial charge in [0.2, 0.25) is 0 Å². The highest BCUT2D eigenvalue weighted by atomic mass is 16.5. The number of likely N-dealkylation sites (tertiary alicyclic amines) is 1. The minimum absolute atomic E-state index is 0.125. The van der Waals surface area contributed by atoms with Crippen LogP contribution < -0.4 is 0 Å². The van der Waals surface area contributed by atoms with E-state index in [-0.39, 0.29) is 12.5 Å². The minimum atomic E-state index is -0.296. The Morgan fingerprint density at radius 3 is 2.44 bits per heavy atom. The van der Waals surface area contributed by atoms with Crippen LogP contribution in [0.4, 0.5) is 0 Å². The fourth-order valence-electron chi connectivity index (χ4n) is 1.17. The lowest BCUT2D eigenvalue weighted by Gasteiger charge is -2.20. The van der Waals surface area contributed by atoms with Crippen molar-refractivity contribution in [2.45, 2.75) is 25.3 Å². The molecule has 0 aromatic carbocycles. The smallest absolute Gasteiger partial charge is 0.112 e. The minimum Gasteiger partial charge on any atom is -0.378 e. The molecule has 9 heavy (non-hydrogen) atoms. The predicted octanol–water partition coefficient (Wildman–Crippen LogP) is 0.00290. The highest BCUT2D eigenvalue weighted by Gasteiger charge is 2.27. The van der Waals surface area contributed by atoms with E-state index in [9.17, 15) is 0 Å². The molecular formula is C6H13NO2. The highest BCUT2D eigenvalue weighted by Crippen LogP contribution is 2.19. The van der Waals surface area contributed by atoms with Crippen LogP contribution in [0.3, 0.4) is 0 Å². The molecule has 0 amide bonds. The Morgan fingerprint density at radius 1 is 1.56 bits per heavy atom. The summed E-state index contributed by atoms with van der Waals surface area (Å²) in [5.41, 5.74) is 0. The molecular weight excluding hydrogens is 118 g/mol. The summed E-state index contributed by atoms with van der Waals surface area (Å²) in [6.07, 6.45) is 1.60. The summed E-state index contributed by atoms with van der Waals surface area (Å²) in [5, 5.41) is 9.15. The monoisotopic (exact) mass is 131 g/mol. The lowest BCUT2D eigenvalue weighted by Crippen LogP contribution is -2.32. The third-order valence-corrected chi connectivity index (χ3v) is 1.87. The van der Waals surface area contributed by atoms with E-state index in [2.05, 4.69) is 0 Å². The van der Waals surface area contributed by atoms with Gasteiger partial charge < -0.3 is 9.84 Å². The predicted molar refractivity (Wildman–Crippen MR) is 33.8 cm³/mol. The van der Waals surface area contributed by atoms with Gasteiger partial charge in [0.1, 0.15) is 12.5 Å². The Hall–Kier alpha value is -0.120. The van der Waals surface area contributed by atoms with E-state index < -0.39 is 0 Å². The Kier molecular flexibility index (Phi) is 2.05. The van der Waals surface area contributed by atoms with Crippen LogP contribution in [-0.2, 0) is 4.74 Å². The molecule has 0 bridgehead atoms. The lowest BCUT2D eigenvalue weighted by atomic mass is 10.3. The van der Waals surface area contributed by atoms with Gasteiger partial charge in [0.05, 0.1) is 0 Å². The molecule has 1 saturated heterocycles. The quantitative estimate of drug-likeness (QED) is 0.544. The molecule has 0 radical (unpaired) electrons. The maximum atomic E-state index is 9.15. The third kappa shape index (κ3) is 1.23. The van der Waals surface area contributed by atoms with Crippen molar-refractivity contribution in [2.75, 3.05) is 14.2 Å². The first-order chi connectivity index (χ1) is 4.25. The zero-order chi connectivity index (χ0) is 6.85. The number of ether oxygens (including phenoxy) is 1. The standard InChI is InChI=1S/C6H13NO2/c1-7-5(8)3-4-6(7)9-2/h5-6,8H,3-4H2,1-2H3.